The molecule has 7 heteroatoms. The van der Waals surface area contributed by atoms with Crippen LogP contribution in [0, 0.1) is 0 Å². The van der Waals surface area contributed by atoms with E-state index in [1.807, 2.05) is 35.1 Å². The molecule has 1 aliphatic carbocycles. The Kier molecular flexibility index (Phi) is 5.52. The van der Waals surface area contributed by atoms with Crippen LogP contribution in [0.25, 0.3) is 5.69 Å². The number of anilines is 1. The summed E-state index contributed by atoms with van der Waals surface area (Å²) in [5.74, 6) is 0.457. The van der Waals surface area contributed by atoms with Gasteiger partial charge in [-0.3, -0.25) is 9.59 Å². The van der Waals surface area contributed by atoms with Crippen molar-refractivity contribution in [2.75, 3.05) is 12.4 Å². The number of nitrogens with one attached hydrogen (secondary N) is 2. The van der Waals surface area contributed by atoms with E-state index in [0.29, 0.717) is 11.3 Å². The first-order valence-electron chi connectivity index (χ1n) is 9.95. The Labute approximate surface area is 175 Å². The standard InChI is InChI=1S/C23H24N4O3/c1-15(28)25-17-6-3-5-16(13-17)23(29)26-21-7-4-8-22-20(21)14-24-27(22)18-9-11-19(30-2)12-10-18/h3,5-6,9-14,21H,4,7-8H2,1-2H3,(H,25,28)(H,26,29). The highest BCUT2D eigenvalue weighted by Gasteiger charge is 2.26. The SMILES string of the molecule is COc1ccc(-n2ncc3c2CCCC3NC(=O)c2cccc(NC(C)=O)c2)cc1. The molecule has 7 nitrogen and oxygen atoms in total. The zero-order chi connectivity index (χ0) is 21.1. The second kappa shape index (κ2) is 8.41. The van der Waals surface area contributed by atoms with E-state index in [1.165, 1.54) is 6.92 Å². The molecule has 2 N–H and O–H groups in total. The fraction of sp³-hybridized carbons (Fsp3) is 0.261. The van der Waals surface area contributed by atoms with E-state index < -0.39 is 0 Å². The lowest BCUT2D eigenvalue weighted by molar-refractivity contribution is -0.114. The molecule has 0 radical (unpaired) electrons. The minimum absolute atomic E-state index is 0.0994. The third-order valence-electron chi connectivity index (χ3n) is 5.25. The highest BCUT2D eigenvalue weighted by molar-refractivity contribution is 5.97. The van der Waals surface area contributed by atoms with Crippen molar-refractivity contribution in [3.8, 4) is 11.4 Å². The van der Waals surface area contributed by atoms with Gasteiger partial charge in [-0.2, -0.15) is 5.10 Å². The number of benzene rings is 2. The molecule has 1 unspecified atom stereocenters. The van der Waals surface area contributed by atoms with E-state index in [1.54, 1.807) is 31.4 Å². The Balaban J connectivity index is 1.54. The number of hydrogen-bond acceptors (Lipinski definition) is 4. The third-order valence-corrected chi connectivity index (χ3v) is 5.25. The van der Waals surface area contributed by atoms with E-state index in [4.69, 9.17) is 4.74 Å². The van der Waals surface area contributed by atoms with Crippen molar-refractivity contribution in [3.63, 3.8) is 0 Å². The van der Waals surface area contributed by atoms with Gasteiger partial charge >= 0.3 is 0 Å². The number of amides is 2. The van der Waals surface area contributed by atoms with E-state index in [-0.39, 0.29) is 17.9 Å². The second-order valence-corrected chi connectivity index (χ2v) is 7.34. The number of aromatic nitrogens is 2. The number of rotatable bonds is 5. The van der Waals surface area contributed by atoms with Crippen LogP contribution in [-0.2, 0) is 11.2 Å². The minimum Gasteiger partial charge on any atom is -0.497 e. The van der Waals surface area contributed by atoms with Gasteiger partial charge in [0.05, 0.1) is 25.0 Å². The van der Waals surface area contributed by atoms with Crippen molar-refractivity contribution in [1.29, 1.82) is 0 Å². The Bertz CT molecular complexity index is 1070. The summed E-state index contributed by atoms with van der Waals surface area (Å²) >= 11 is 0. The fourth-order valence-corrected chi connectivity index (χ4v) is 3.84. The molecule has 0 saturated heterocycles. The van der Waals surface area contributed by atoms with Crippen molar-refractivity contribution in [3.05, 3.63) is 71.5 Å². The highest BCUT2D eigenvalue weighted by atomic mass is 16.5. The van der Waals surface area contributed by atoms with E-state index in [2.05, 4.69) is 15.7 Å². The molecule has 1 aromatic heterocycles. The molecule has 4 rings (SSSR count). The van der Waals surface area contributed by atoms with Gasteiger partial charge in [-0.1, -0.05) is 6.07 Å². The monoisotopic (exact) mass is 404 g/mol. The molecule has 2 aromatic carbocycles. The summed E-state index contributed by atoms with van der Waals surface area (Å²) in [5.41, 5.74) is 4.24. The van der Waals surface area contributed by atoms with Gasteiger partial charge in [0, 0.05) is 29.4 Å². The normalized spacial score (nSPS) is 15.2. The van der Waals surface area contributed by atoms with Gasteiger partial charge in [0.2, 0.25) is 5.91 Å². The Hall–Kier alpha value is -3.61. The topological polar surface area (TPSA) is 85.2 Å². The summed E-state index contributed by atoms with van der Waals surface area (Å²) in [7, 11) is 1.64. The molecular weight excluding hydrogens is 380 g/mol. The average Bonchev–Trinajstić information content (AvgIpc) is 3.19. The van der Waals surface area contributed by atoms with E-state index >= 15 is 0 Å². The number of methoxy groups -OCH3 is 1. The second-order valence-electron chi connectivity index (χ2n) is 7.34. The van der Waals surface area contributed by atoms with Crippen molar-refractivity contribution < 1.29 is 14.3 Å². The number of carbonyl (C=O) groups is 2. The summed E-state index contributed by atoms with van der Waals surface area (Å²) < 4.78 is 7.17. The number of nitrogens with zero attached hydrogens (tertiary/aromatic N) is 2. The Morgan fingerprint density at radius 3 is 2.70 bits per heavy atom. The first-order valence-corrected chi connectivity index (χ1v) is 9.95. The van der Waals surface area contributed by atoms with Crippen molar-refractivity contribution in [1.82, 2.24) is 15.1 Å². The molecule has 0 spiro atoms. The number of fused-ring (bicyclic) bond motifs is 1. The predicted octanol–water partition coefficient (Wildman–Crippen LogP) is 3.65. The van der Waals surface area contributed by atoms with Crippen LogP contribution in [0.3, 0.4) is 0 Å². The van der Waals surface area contributed by atoms with E-state index in [0.717, 1.165) is 42.0 Å². The molecule has 2 amide bonds. The van der Waals surface area contributed by atoms with Gasteiger partial charge in [-0.05, 0) is 61.7 Å². The molecule has 0 saturated carbocycles. The van der Waals surface area contributed by atoms with Crippen molar-refractivity contribution >= 4 is 17.5 Å². The summed E-state index contributed by atoms with van der Waals surface area (Å²) in [5, 5.41) is 10.4. The van der Waals surface area contributed by atoms with Gasteiger partial charge < -0.3 is 15.4 Å². The molecule has 1 atom stereocenters. The molecule has 3 aromatic rings. The maximum atomic E-state index is 12.8. The first kappa shape index (κ1) is 19.7. The molecule has 0 aliphatic heterocycles. The molecule has 30 heavy (non-hydrogen) atoms. The number of ether oxygens (including phenoxy) is 1. The zero-order valence-corrected chi connectivity index (χ0v) is 17.0. The van der Waals surface area contributed by atoms with Gasteiger partial charge in [-0.25, -0.2) is 4.68 Å². The smallest absolute Gasteiger partial charge is 0.251 e. The van der Waals surface area contributed by atoms with Crippen LogP contribution >= 0.6 is 0 Å². The van der Waals surface area contributed by atoms with Gasteiger partial charge in [0.1, 0.15) is 5.75 Å². The van der Waals surface area contributed by atoms with Crippen LogP contribution in [0.4, 0.5) is 5.69 Å². The summed E-state index contributed by atoms with van der Waals surface area (Å²) in [6.07, 6.45) is 4.58. The van der Waals surface area contributed by atoms with Crippen LogP contribution in [0.2, 0.25) is 0 Å². The Morgan fingerprint density at radius 1 is 1.17 bits per heavy atom. The third kappa shape index (κ3) is 4.05. The average molecular weight is 404 g/mol. The quantitative estimate of drug-likeness (QED) is 0.680. The minimum atomic E-state index is -0.171. The zero-order valence-electron chi connectivity index (χ0n) is 17.0. The molecule has 0 fully saturated rings. The maximum Gasteiger partial charge on any atom is 0.251 e. The fourth-order valence-electron chi connectivity index (χ4n) is 3.84. The van der Waals surface area contributed by atoms with Gasteiger partial charge in [0.25, 0.3) is 5.91 Å². The van der Waals surface area contributed by atoms with Crippen molar-refractivity contribution in [2.45, 2.75) is 32.2 Å². The van der Waals surface area contributed by atoms with Crippen molar-refractivity contribution in [2.24, 2.45) is 0 Å². The van der Waals surface area contributed by atoms with Crippen LogP contribution in [0.15, 0.2) is 54.7 Å². The van der Waals surface area contributed by atoms with Gasteiger partial charge in [0.15, 0.2) is 0 Å². The molecule has 154 valence electrons. The van der Waals surface area contributed by atoms with Gasteiger partial charge in [-0.15, -0.1) is 0 Å². The molecule has 0 bridgehead atoms. The number of carbonyl (C=O) groups excluding carboxylic acids is 2. The predicted molar refractivity (Wildman–Crippen MR) is 114 cm³/mol. The van der Waals surface area contributed by atoms with Crippen LogP contribution in [0.5, 0.6) is 5.75 Å². The highest BCUT2D eigenvalue weighted by Crippen LogP contribution is 2.31. The van der Waals surface area contributed by atoms with Crippen LogP contribution in [-0.4, -0.2) is 28.7 Å². The molecule has 1 heterocycles. The summed E-state index contributed by atoms with van der Waals surface area (Å²) in [6, 6.07) is 14.6. The summed E-state index contributed by atoms with van der Waals surface area (Å²) in [6.45, 7) is 1.44. The Morgan fingerprint density at radius 2 is 1.97 bits per heavy atom. The molecular formula is C23H24N4O3. The first-order chi connectivity index (χ1) is 14.5. The maximum absolute atomic E-state index is 12.8. The van der Waals surface area contributed by atoms with Crippen LogP contribution < -0.4 is 15.4 Å². The summed E-state index contributed by atoms with van der Waals surface area (Å²) in [4.78, 5) is 24.1. The lowest BCUT2D eigenvalue weighted by atomic mass is 9.92. The van der Waals surface area contributed by atoms with Crippen LogP contribution in [0.1, 0.15) is 47.4 Å². The lowest BCUT2D eigenvalue weighted by Gasteiger charge is -2.24. The molecule has 1 aliphatic rings. The van der Waals surface area contributed by atoms with E-state index in [9.17, 15) is 9.59 Å². The largest absolute Gasteiger partial charge is 0.497 e. The lowest BCUT2D eigenvalue weighted by Crippen LogP contribution is -2.31. The number of hydrogen-bond donors (Lipinski definition) is 2.